The maximum absolute atomic E-state index is 15.9. The summed E-state index contributed by atoms with van der Waals surface area (Å²) in [6.45, 7) is 13.2. The molecule has 0 aromatic heterocycles. The van der Waals surface area contributed by atoms with Gasteiger partial charge in [0.15, 0.2) is 0 Å². The van der Waals surface area contributed by atoms with Gasteiger partial charge in [-0.05, 0) is 114 Å². The number of aryl methyl sites for hydroxylation is 6. The van der Waals surface area contributed by atoms with Crippen LogP contribution >= 0.6 is 0 Å². The van der Waals surface area contributed by atoms with Gasteiger partial charge in [-0.3, -0.25) is 9.80 Å². The van der Waals surface area contributed by atoms with Crippen molar-refractivity contribution in [3.05, 3.63) is 167 Å². The molecule has 0 bridgehead atoms. The van der Waals surface area contributed by atoms with Crippen molar-refractivity contribution >= 4 is 96.5 Å². The summed E-state index contributed by atoms with van der Waals surface area (Å²) in [5.41, 5.74) is 21.3. The number of urea groups is 1. The van der Waals surface area contributed by atoms with Crippen LogP contribution in [-0.4, -0.2) is 19.5 Å². The molecule has 11 rings (SSSR count). The summed E-state index contributed by atoms with van der Waals surface area (Å²) >= 11 is 0. The fourth-order valence-corrected chi connectivity index (χ4v) is 10.8. The van der Waals surface area contributed by atoms with Crippen molar-refractivity contribution in [3.63, 3.8) is 0 Å². The predicted molar refractivity (Wildman–Crippen MR) is 240 cm³/mol. The predicted octanol–water partition coefficient (Wildman–Crippen LogP) is 8.58. The molecule has 0 radical (unpaired) electrons. The van der Waals surface area contributed by atoms with Crippen LogP contribution in [0.1, 0.15) is 33.4 Å². The third-order valence-corrected chi connectivity index (χ3v) is 13.1. The lowest BCUT2D eigenvalue weighted by Crippen LogP contribution is -2.65. The van der Waals surface area contributed by atoms with Crippen molar-refractivity contribution in [2.45, 2.75) is 41.5 Å². The molecular formula is C51H40B2N2O. The molecule has 0 saturated heterocycles. The second-order valence-electron chi connectivity index (χ2n) is 16.3. The number of amides is 2. The minimum atomic E-state index is -0.0597. The highest BCUT2D eigenvalue weighted by Crippen LogP contribution is 2.48. The van der Waals surface area contributed by atoms with E-state index in [9.17, 15) is 0 Å². The van der Waals surface area contributed by atoms with E-state index >= 15 is 4.79 Å². The van der Waals surface area contributed by atoms with Crippen molar-refractivity contribution in [3.8, 4) is 11.1 Å². The number of benzene rings is 8. The third-order valence-electron chi connectivity index (χ3n) is 13.1. The zero-order valence-corrected chi connectivity index (χ0v) is 32.7. The second kappa shape index (κ2) is 11.8. The van der Waals surface area contributed by atoms with E-state index in [4.69, 9.17) is 0 Å². The molecule has 0 atom stereocenters. The van der Waals surface area contributed by atoms with Crippen LogP contribution in [0.15, 0.2) is 133 Å². The number of nitrogens with zero attached hydrogens (tertiary/aromatic N) is 2. The maximum Gasteiger partial charge on any atom is 0.338 e. The number of carbonyl (C=O) groups is 1. The van der Waals surface area contributed by atoms with Gasteiger partial charge in [-0.1, -0.05) is 155 Å². The van der Waals surface area contributed by atoms with E-state index in [-0.39, 0.29) is 19.5 Å². The smallest absolute Gasteiger partial charge is 0.263 e. The molecule has 3 aliphatic heterocycles. The van der Waals surface area contributed by atoms with Crippen LogP contribution in [0.2, 0.25) is 0 Å². The van der Waals surface area contributed by atoms with Crippen molar-refractivity contribution in [1.29, 1.82) is 0 Å². The minimum absolute atomic E-state index is 0.0313. The van der Waals surface area contributed by atoms with E-state index in [1.165, 1.54) is 82.6 Å². The molecule has 0 N–H and O–H groups in total. The summed E-state index contributed by atoms with van der Waals surface area (Å²) in [5, 5.41) is 4.65. The Labute approximate surface area is 329 Å². The van der Waals surface area contributed by atoms with Gasteiger partial charge in [0, 0.05) is 16.8 Å². The van der Waals surface area contributed by atoms with Crippen molar-refractivity contribution in [2.75, 3.05) is 9.80 Å². The van der Waals surface area contributed by atoms with E-state index in [2.05, 4.69) is 185 Å². The first-order valence-corrected chi connectivity index (χ1v) is 19.8. The first kappa shape index (κ1) is 33.1. The zero-order valence-electron chi connectivity index (χ0n) is 32.7. The second-order valence-corrected chi connectivity index (χ2v) is 16.3. The van der Waals surface area contributed by atoms with E-state index in [1.54, 1.807) is 0 Å². The molecule has 0 fully saturated rings. The molecule has 0 spiro atoms. The summed E-state index contributed by atoms with van der Waals surface area (Å²) in [6.07, 6.45) is 0. The van der Waals surface area contributed by atoms with Gasteiger partial charge in [-0.15, -0.1) is 0 Å². The highest BCUT2D eigenvalue weighted by Gasteiger charge is 2.49. The summed E-state index contributed by atoms with van der Waals surface area (Å²) in [4.78, 5) is 20.0. The van der Waals surface area contributed by atoms with Crippen molar-refractivity contribution < 1.29 is 4.79 Å². The topological polar surface area (TPSA) is 23.6 Å². The fourth-order valence-electron chi connectivity index (χ4n) is 10.8. The Morgan fingerprint density at radius 2 is 0.946 bits per heavy atom. The molecule has 8 aromatic rings. The third kappa shape index (κ3) is 4.34. The lowest BCUT2D eigenvalue weighted by Gasteiger charge is -2.47. The molecular weight excluding hydrogens is 678 g/mol. The molecule has 266 valence electrons. The highest BCUT2D eigenvalue weighted by molar-refractivity contribution is 7.01. The Kier molecular flexibility index (Phi) is 6.99. The largest absolute Gasteiger partial charge is 0.338 e. The molecule has 3 aliphatic rings. The number of hydrogen-bond acceptors (Lipinski definition) is 1. The van der Waals surface area contributed by atoms with Gasteiger partial charge < -0.3 is 0 Å². The SMILES string of the molecule is Cc1cccc(C)c1B1c2cc(-c3c(C)cccc3C)ccc2N2C(=O)N3c4ccc5ccccc5c4B(c4c(C)cccc4C)c4ccc5ccc1c2c5c43. The zero-order chi connectivity index (χ0) is 38.1. The van der Waals surface area contributed by atoms with E-state index in [1.807, 2.05) is 0 Å². The Morgan fingerprint density at radius 1 is 0.429 bits per heavy atom. The molecule has 3 heterocycles. The monoisotopic (exact) mass is 718 g/mol. The number of rotatable bonds is 3. The average molecular weight is 719 g/mol. The standard InChI is InChI=1S/C51H40B2N2O/c1-29-12-9-13-30(2)44(29)37-23-26-42-41(28-37)52(46-31(3)14-10-15-32(46)4)39-24-20-36-21-25-40-50-45(36)49(39)54(42)51(56)55(50)43-27-22-35-18-7-8-19-38(35)48(43)53(40)47-33(5)16-11-17-34(47)6/h7-28H,1-6H3. The molecule has 0 unspecified atom stereocenters. The number of carbonyl (C=O) groups excluding carboxylic acids is 1. The van der Waals surface area contributed by atoms with Gasteiger partial charge in [-0.25, -0.2) is 4.79 Å². The van der Waals surface area contributed by atoms with Crippen LogP contribution in [0.25, 0.3) is 32.7 Å². The first-order valence-electron chi connectivity index (χ1n) is 19.8. The molecule has 2 amide bonds. The number of fused-ring (bicyclic) bond motifs is 6. The van der Waals surface area contributed by atoms with Gasteiger partial charge in [0.1, 0.15) is 0 Å². The van der Waals surface area contributed by atoms with Crippen LogP contribution in [-0.2, 0) is 0 Å². The van der Waals surface area contributed by atoms with Crippen LogP contribution in [0.3, 0.4) is 0 Å². The highest BCUT2D eigenvalue weighted by atomic mass is 16.2. The molecule has 0 saturated carbocycles. The van der Waals surface area contributed by atoms with Gasteiger partial charge in [0.25, 0.3) is 0 Å². The van der Waals surface area contributed by atoms with E-state index in [0.29, 0.717) is 0 Å². The van der Waals surface area contributed by atoms with E-state index < -0.39 is 0 Å². The van der Waals surface area contributed by atoms with Crippen LogP contribution in [0, 0.1) is 41.5 Å². The lowest BCUT2D eigenvalue weighted by molar-refractivity contribution is 0.255. The van der Waals surface area contributed by atoms with Crippen molar-refractivity contribution in [1.82, 2.24) is 0 Å². The molecule has 8 aromatic carbocycles. The first-order chi connectivity index (χ1) is 27.2. The van der Waals surface area contributed by atoms with Crippen LogP contribution < -0.4 is 42.6 Å². The van der Waals surface area contributed by atoms with Crippen molar-refractivity contribution in [2.24, 2.45) is 0 Å². The minimum Gasteiger partial charge on any atom is -0.263 e. The Hall–Kier alpha value is -6.32. The van der Waals surface area contributed by atoms with Crippen LogP contribution in [0.5, 0.6) is 0 Å². The summed E-state index contributed by atoms with van der Waals surface area (Å²) in [6, 6.07) is 48.8. The Balaban J connectivity index is 1.28. The number of hydrogen-bond donors (Lipinski definition) is 0. The molecule has 0 aliphatic carbocycles. The van der Waals surface area contributed by atoms with Gasteiger partial charge in [0.2, 0.25) is 13.4 Å². The quantitative estimate of drug-likeness (QED) is 0.168. The maximum atomic E-state index is 15.9. The molecule has 56 heavy (non-hydrogen) atoms. The van der Waals surface area contributed by atoms with Crippen LogP contribution in [0.4, 0.5) is 27.5 Å². The normalized spacial score (nSPS) is 13.8. The van der Waals surface area contributed by atoms with Gasteiger partial charge in [0.05, 0.1) is 11.4 Å². The van der Waals surface area contributed by atoms with E-state index in [0.717, 1.165) is 39.0 Å². The molecule has 5 heteroatoms. The number of anilines is 4. The lowest BCUT2D eigenvalue weighted by atomic mass is 9.32. The Morgan fingerprint density at radius 3 is 1.59 bits per heavy atom. The van der Waals surface area contributed by atoms with Gasteiger partial charge in [-0.2, -0.15) is 0 Å². The Bertz CT molecular complexity index is 2990. The molecule has 3 nitrogen and oxygen atoms in total. The summed E-state index contributed by atoms with van der Waals surface area (Å²) < 4.78 is 0. The summed E-state index contributed by atoms with van der Waals surface area (Å²) in [5.74, 6) is 0. The summed E-state index contributed by atoms with van der Waals surface area (Å²) in [7, 11) is 0. The average Bonchev–Trinajstić information content (AvgIpc) is 3.19. The van der Waals surface area contributed by atoms with Gasteiger partial charge >= 0.3 is 6.03 Å². The fraction of sp³-hybridized carbons (Fsp3) is 0.118.